The van der Waals surface area contributed by atoms with E-state index >= 15 is 0 Å². The van der Waals surface area contributed by atoms with Crippen molar-refractivity contribution in [2.75, 3.05) is 20.3 Å². The zero-order chi connectivity index (χ0) is 12.0. The highest BCUT2D eigenvalue weighted by atomic mass is 16.5. The van der Waals surface area contributed by atoms with Crippen molar-refractivity contribution in [2.24, 2.45) is 0 Å². The van der Waals surface area contributed by atoms with Gasteiger partial charge in [-0.2, -0.15) is 0 Å². The molecule has 1 amide bonds. The minimum atomic E-state index is 0.0361. The van der Waals surface area contributed by atoms with Gasteiger partial charge in [0, 0.05) is 20.3 Å². The lowest BCUT2D eigenvalue weighted by Gasteiger charge is -2.20. The summed E-state index contributed by atoms with van der Waals surface area (Å²) >= 11 is 0. The second-order valence-corrected chi connectivity index (χ2v) is 4.39. The first-order valence-electron chi connectivity index (χ1n) is 6.26. The molecule has 0 saturated carbocycles. The Kier molecular flexibility index (Phi) is 5.77. The van der Waals surface area contributed by atoms with Crippen molar-refractivity contribution in [3.05, 3.63) is 0 Å². The Morgan fingerprint density at radius 2 is 2.12 bits per heavy atom. The van der Waals surface area contributed by atoms with Gasteiger partial charge in [-0.25, -0.2) is 0 Å². The minimum Gasteiger partial charge on any atom is -0.385 e. The topological polar surface area (TPSA) is 41.6 Å². The summed E-state index contributed by atoms with van der Waals surface area (Å²) < 4.78 is 5.00. The third-order valence-electron chi connectivity index (χ3n) is 3.15. The van der Waals surface area contributed by atoms with Crippen LogP contribution in [0, 0.1) is 0 Å². The summed E-state index contributed by atoms with van der Waals surface area (Å²) in [5.74, 6) is 0.266. The molecule has 0 aliphatic carbocycles. The molecule has 0 aromatic heterocycles. The molecule has 1 rings (SSSR count). The smallest absolute Gasteiger partial charge is 0.240 e. The number of hydrogen-bond acceptors (Lipinski definition) is 3. The molecule has 0 aromatic carbocycles. The number of methoxy groups -OCH3 is 1. The van der Waals surface area contributed by atoms with Gasteiger partial charge in [-0.05, 0) is 32.6 Å². The van der Waals surface area contributed by atoms with Crippen molar-refractivity contribution in [3.63, 3.8) is 0 Å². The Morgan fingerprint density at radius 3 is 2.69 bits per heavy atom. The van der Waals surface area contributed by atoms with E-state index in [9.17, 15) is 4.79 Å². The third kappa shape index (κ3) is 3.46. The summed E-state index contributed by atoms with van der Waals surface area (Å²) in [6.07, 6.45) is 4.35. The van der Waals surface area contributed by atoms with E-state index in [1.54, 1.807) is 7.11 Å². The molecule has 0 radical (unpaired) electrons. The molecule has 2 atom stereocenters. The van der Waals surface area contributed by atoms with Crippen LogP contribution in [0.1, 0.15) is 39.5 Å². The van der Waals surface area contributed by atoms with Gasteiger partial charge in [-0.3, -0.25) is 10.1 Å². The summed E-state index contributed by atoms with van der Waals surface area (Å²) in [4.78, 5) is 13.9. The van der Waals surface area contributed by atoms with E-state index < -0.39 is 0 Å². The molecule has 1 heterocycles. The highest BCUT2D eigenvalue weighted by Gasteiger charge is 2.34. The van der Waals surface area contributed by atoms with Crippen LogP contribution in [0.15, 0.2) is 0 Å². The first kappa shape index (κ1) is 13.5. The highest BCUT2D eigenvalue weighted by Crippen LogP contribution is 2.13. The van der Waals surface area contributed by atoms with E-state index in [0.29, 0.717) is 0 Å². The Morgan fingerprint density at radius 1 is 1.38 bits per heavy atom. The van der Waals surface area contributed by atoms with E-state index in [4.69, 9.17) is 4.74 Å². The normalized spacial score (nSPS) is 25.4. The predicted molar refractivity (Wildman–Crippen MR) is 64.1 cm³/mol. The third-order valence-corrected chi connectivity index (χ3v) is 3.15. The van der Waals surface area contributed by atoms with Crippen molar-refractivity contribution < 1.29 is 9.53 Å². The van der Waals surface area contributed by atoms with Crippen LogP contribution in [-0.4, -0.2) is 43.3 Å². The lowest BCUT2D eigenvalue weighted by atomic mass is 10.2. The first-order valence-corrected chi connectivity index (χ1v) is 6.26. The van der Waals surface area contributed by atoms with Gasteiger partial charge in [0.1, 0.15) is 0 Å². The van der Waals surface area contributed by atoms with Crippen molar-refractivity contribution in [3.8, 4) is 0 Å². The Labute approximate surface area is 98.3 Å². The summed E-state index contributed by atoms with van der Waals surface area (Å²) in [6.45, 7) is 5.79. The predicted octanol–water partition coefficient (Wildman–Crippen LogP) is 1.36. The van der Waals surface area contributed by atoms with Crippen LogP contribution >= 0.6 is 0 Å². The second-order valence-electron chi connectivity index (χ2n) is 4.39. The Bertz CT molecular complexity index is 221. The minimum absolute atomic E-state index is 0.0361. The van der Waals surface area contributed by atoms with Crippen molar-refractivity contribution in [2.45, 2.75) is 51.7 Å². The largest absolute Gasteiger partial charge is 0.385 e. The van der Waals surface area contributed by atoms with Gasteiger partial charge in [-0.15, -0.1) is 0 Å². The maximum absolute atomic E-state index is 11.9. The summed E-state index contributed by atoms with van der Waals surface area (Å²) in [7, 11) is 1.72. The highest BCUT2D eigenvalue weighted by molar-refractivity contribution is 5.84. The Balaban J connectivity index is 2.23. The average molecular weight is 228 g/mol. The van der Waals surface area contributed by atoms with Crippen LogP contribution in [0.3, 0.4) is 0 Å². The lowest BCUT2D eigenvalue weighted by molar-refractivity contribution is -0.129. The summed E-state index contributed by atoms with van der Waals surface area (Å²) in [5.41, 5.74) is 0. The van der Waals surface area contributed by atoms with E-state index in [1.165, 1.54) is 0 Å². The monoisotopic (exact) mass is 228 g/mol. The average Bonchev–Trinajstić information content (AvgIpc) is 2.55. The maximum Gasteiger partial charge on any atom is 0.240 e. The van der Waals surface area contributed by atoms with Gasteiger partial charge in [0.2, 0.25) is 5.91 Å². The standard InChI is InChI=1S/C12H24N2O2/c1-4-11-12(15)14(10(2)13-11)8-6-5-7-9-16-3/h10-11,13H,4-9H2,1-3H3. The van der Waals surface area contributed by atoms with E-state index in [0.717, 1.165) is 38.8 Å². The molecule has 0 bridgehead atoms. The van der Waals surface area contributed by atoms with Gasteiger partial charge in [-0.1, -0.05) is 6.92 Å². The van der Waals surface area contributed by atoms with Gasteiger partial charge in [0.15, 0.2) is 0 Å². The zero-order valence-electron chi connectivity index (χ0n) is 10.7. The number of rotatable bonds is 7. The van der Waals surface area contributed by atoms with Crippen molar-refractivity contribution in [1.82, 2.24) is 10.2 Å². The van der Waals surface area contributed by atoms with Gasteiger partial charge in [0.25, 0.3) is 0 Å². The SMILES string of the molecule is CCC1NC(C)N(CCCCCOC)C1=O. The van der Waals surface area contributed by atoms with Crippen LogP contribution in [0.25, 0.3) is 0 Å². The van der Waals surface area contributed by atoms with E-state index in [-0.39, 0.29) is 18.1 Å². The molecule has 1 saturated heterocycles. The van der Waals surface area contributed by atoms with Crippen LogP contribution in [-0.2, 0) is 9.53 Å². The number of nitrogens with one attached hydrogen (secondary N) is 1. The molecule has 0 spiro atoms. The number of nitrogens with zero attached hydrogens (tertiary/aromatic N) is 1. The molecule has 4 heteroatoms. The fourth-order valence-electron chi connectivity index (χ4n) is 2.15. The number of amides is 1. The molecule has 1 aliphatic heterocycles. The van der Waals surface area contributed by atoms with Crippen LogP contribution < -0.4 is 5.32 Å². The summed E-state index contributed by atoms with van der Waals surface area (Å²) in [5, 5.41) is 3.31. The molecule has 4 nitrogen and oxygen atoms in total. The zero-order valence-corrected chi connectivity index (χ0v) is 10.7. The molecule has 1 aliphatic rings. The van der Waals surface area contributed by atoms with Gasteiger partial charge < -0.3 is 9.64 Å². The molecule has 1 N–H and O–H groups in total. The second kappa shape index (κ2) is 6.86. The van der Waals surface area contributed by atoms with E-state index in [2.05, 4.69) is 12.2 Å². The van der Waals surface area contributed by atoms with Crippen molar-refractivity contribution in [1.29, 1.82) is 0 Å². The van der Waals surface area contributed by atoms with E-state index in [1.807, 2.05) is 11.8 Å². The number of carbonyl (C=O) groups excluding carboxylic acids is 1. The quantitative estimate of drug-likeness (QED) is 0.669. The molecule has 2 unspecified atom stereocenters. The maximum atomic E-state index is 11.9. The fourth-order valence-corrected chi connectivity index (χ4v) is 2.15. The van der Waals surface area contributed by atoms with Gasteiger partial charge in [0.05, 0.1) is 12.2 Å². The molecule has 0 aromatic rings. The molecule has 1 fully saturated rings. The molecule has 16 heavy (non-hydrogen) atoms. The number of unbranched alkanes of at least 4 members (excludes halogenated alkanes) is 2. The number of hydrogen-bond donors (Lipinski definition) is 1. The van der Waals surface area contributed by atoms with Gasteiger partial charge >= 0.3 is 0 Å². The van der Waals surface area contributed by atoms with Crippen LogP contribution in [0.5, 0.6) is 0 Å². The fraction of sp³-hybridized carbons (Fsp3) is 0.917. The number of carbonyl (C=O) groups is 1. The molecular weight excluding hydrogens is 204 g/mol. The molecule has 94 valence electrons. The summed E-state index contributed by atoms with van der Waals surface area (Å²) in [6, 6.07) is 0.0361. The van der Waals surface area contributed by atoms with Crippen LogP contribution in [0.4, 0.5) is 0 Å². The first-order chi connectivity index (χ1) is 7.70. The van der Waals surface area contributed by atoms with Crippen LogP contribution in [0.2, 0.25) is 0 Å². The lowest BCUT2D eigenvalue weighted by Crippen LogP contribution is -2.35. The Hall–Kier alpha value is -0.610. The number of ether oxygens (including phenoxy) is 1. The van der Waals surface area contributed by atoms with Crippen molar-refractivity contribution >= 4 is 5.91 Å². The molecular formula is C12H24N2O2.